The molecule has 1 aliphatic heterocycles. The van der Waals surface area contributed by atoms with Gasteiger partial charge in [0.05, 0.1) is 0 Å². The molecular weight excluding hydrogens is 254 g/mol. The Bertz CT molecular complexity index is 360. The summed E-state index contributed by atoms with van der Waals surface area (Å²) in [6.45, 7) is 3.78. The highest BCUT2D eigenvalue weighted by molar-refractivity contribution is 5.85. The molecule has 1 heterocycles. The Morgan fingerprint density at radius 2 is 1.47 bits per heavy atom. The van der Waals surface area contributed by atoms with E-state index in [1.807, 2.05) is 0 Å². The Morgan fingerprint density at radius 3 is 2.11 bits per heavy atom. The number of hydrogen-bond acceptors (Lipinski definition) is 1. The normalized spacial score (nSPS) is 22.9. The van der Waals surface area contributed by atoms with Gasteiger partial charge < -0.3 is 0 Å². The fourth-order valence-corrected chi connectivity index (χ4v) is 3.83. The molecule has 0 unspecified atom stereocenters. The van der Waals surface area contributed by atoms with E-state index in [1.165, 1.54) is 63.6 Å². The number of rotatable bonds is 2. The van der Waals surface area contributed by atoms with Crippen molar-refractivity contribution in [2.24, 2.45) is 5.41 Å². The summed E-state index contributed by atoms with van der Waals surface area (Å²) in [6.07, 6.45) is 10.4. The molecule has 1 nitrogen and oxygen atoms in total. The van der Waals surface area contributed by atoms with E-state index in [-0.39, 0.29) is 12.4 Å². The van der Waals surface area contributed by atoms with Crippen molar-refractivity contribution in [1.29, 1.82) is 0 Å². The van der Waals surface area contributed by atoms with Crippen LogP contribution in [0.15, 0.2) is 30.3 Å². The summed E-state index contributed by atoms with van der Waals surface area (Å²) in [6, 6.07) is 10.9. The molecule has 1 aromatic rings. The van der Waals surface area contributed by atoms with E-state index in [0.717, 1.165) is 12.0 Å². The molecule has 1 aromatic carbocycles. The highest BCUT2D eigenvalue weighted by atomic mass is 35.5. The quantitative estimate of drug-likeness (QED) is 0.761. The van der Waals surface area contributed by atoms with Crippen LogP contribution < -0.4 is 0 Å². The molecule has 19 heavy (non-hydrogen) atoms. The molecule has 0 N–H and O–H groups in total. The average molecular weight is 280 g/mol. The lowest BCUT2D eigenvalue weighted by Crippen LogP contribution is -2.40. The van der Waals surface area contributed by atoms with Crippen LogP contribution in [-0.4, -0.2) is 18.0 Å². The van der Waals surface area contributed by atoms with E-state index in [9.17, 15) is 0 Å². The fraction of sp³-hybridized carbons (Fsp3) is 0.647. The van der Waals surface area contributed by atoms with Crippen LogP contribution in [-0.2, 0) is 6.54 Å². The third kappa shape index (κ3) is 3.73. The van der Waals surface area contributed by atoms with Crippen molar-refractivity contribution >= 4 is 12.4 Å². The van der Waals surface area contributed by atoms with Gasteiger partial charge >= 0.3 is 0 Å². The van der Waals surface area contributed by atoms with E-state index in [4.69, 9.17) is 0 Å². The molecule has 1 aliphatic carbocycles. The first-order valence-corrected chi connectivity index (χ1v) is 7.63. The van der Waals surface area contributed by atoms with Gasteiger partial charge in [-0.25, -0.2) is 0 Å². The first-order chi connectivity index (χ1) is 8.86. The van der Waals surface area contributed by atoms with Gasteiger partial charge in [0, 0.05) is 6.54 Å². The zero-order valence-corrected chi connectivity index (χ0v) is 12.6. The van der Waals surface area contributed by atoms with Crippen LogP contribution in [0.5, 0.6) is 0 Å². The molecule has 1 spiro atoms. The number of likely N-dealkylation sites (tertiary alicyclic amines) is 1. The van der Waals surface area contributed by atoms with Crippen molar-refractivity contribution in [3.63, 3.8) is 0 Å². The van der Waals surface area contributed by atoms with Gasteiger partial charge in [0.15, 0.2) is 0 Å². The van der Waals surface area contributed by atoms with Gasteiger partial charge in [-0.2, -0.15) is 0 Å². The van der Waals surface area contributed by atoms with E-state index in [1.54, 1.807) is 0 Å². The van der Waals surface area contributed by atoms with Crippen molar-refractivity contribution in [3.8, 4) is 0 Å². The molecule has 1 saturated carbocycles. The van der Waals surface area contributed by atoms with Crippen LogP contribution in [0.3, 0.4) is 0 Å². The third-order valence-electron chi connectivity index (χ3n) is 5.08. The average Bonchev–Trinajstić information content (AvgIpc) is 2.44. The van der Waals surface area contributed by atoms with E-state index in [0.29, 0.717) is 0 Å². The number of nitrogens with zero attached hydrogens (tertiary/aromatic N) is 1. The molecule has 0 bridgehead atoms. The molecule has 2 fully saturated rings. The van der Waals surface area contributed by atoms with E-state index in [2.05, 4.69) is 35.2 Å². The molecule has 106 valence electrons. The largest absolute Gasteiger partial charge is 0.299 e. The Hall–Kier alpha value is -0.530. The Morgan fingerprint density at radius 1 is 0.842 bits per heavy atom. The lowest BCUT2D eigenvalue weighted by atomic mass is 9.68. The van der Waals surface area contributed by atoms with Gasteiger partial charge in [-0.15, -0.1) is 12.4 Å². The Kier molecular flexibility index (Phi) is 5.29. The predicted molar refractivity (Wildman–Crippen MR) is 83.7 cm³/mol. The van der Waals surface area contributed by atoms with Gasteiger partial charge in [0.25, 0.3) is 0 Å². The second-order valence-corrected chi connectivity index (χ2v) is 6.32. The Labute approximate surface area is 123 Å². The minimum atomic E-state index is 0. The van der Waals surface area contributed by atoms with Crippen LogP contribution in [0.25, 0.3) is 0 Å². The van der Waals surface area contributed by atoms with Crippen LogP contribution >= 0.6 is 12.4 Å². The van der Waals surface area contributed by atoms with Gasteiger partial charge in [-0.1, -0.05) is 49.6 Å². The summed E-state index contributed by atoms with van der Waals surface area (Å²) in [5.74, 6) is 0. The number of piperidine rings is 1. The minimum Gasteiger partial charge on any atom is -0.299 e. The van der Waals surface area contributed by atoms with Crippen molar-refractivity contribution in [2.75, 3.05) is 13.1 Å². The lowest BCUT2D eigenvalue weighted by Gasteiger charge is -2.44. The molecule has 0 atom stereocenters. The van der Waals surface area contributed by atoms with Crippen molar-refractivity contribution < 1.29 is 0 Å². The topological polar surface area (TPSA) is 3.24 Å². The lowest BCUT2D eigenvalue weighted by molar-refractivity contribution is 0.0641. The van der Waals surface area contributed by atoms with Crippen LogP contribution in [0.1, 0.15) is 50.5 Å². The predicted octanol–water partition coefficient (Wildman–Crippen LogP) is 4.65. The smallest absolute Gasteiger partial charge is 0.0233 e. The van der Waals surface area contributed by atoms with Crippen molar-refractivity contribution in [1.82, 2.24) is 4.90 Å². The molecule has 0 aromatic heterocycles. The number of halogens is 1. The molecule has 2 heteroatoms. The van der Waals surface area contributed by atoms with Crippen LogP contribution in [0.4, 0.5) is 0 Å². The second kappa shape index (κ2) is 6.76. The summed E-state index contributed by atoms with van der Waals surface area (Å²) < 4.78 is 0. The second-order valence-electron chi connectivity index (χ2n) is 6.32. The molecule has 3 rings (SSSR count). The number of benzene rings is 1. The minimum absolute atomic E-state index is 0. The molecule has 0 amide bonds. The highest BCUT2D eigenvalue weighted by Crippen LogP contribution is 2.44. The van der Waals surface area contributed by atoms with Crippen molar-refractivity contribution in [3.05, 3.63) is 35.9 Å². The first-order valence-electron chi connectivity index (χ1n) is 7.63. The summed E-state index contributed by atoms with van der Waals surface area (Å²) in [5, 5.41) is 0. The van der Waals surface area contributed by atoms with E-state index >= 15 is 0 Å². The Balaban J connectivity index is 0.00000133. The number of hydrogen-bond donors (Lipinski definition) is 0. The van der Waals surface area contributed by atoms with Gasteiger partial charge in [-0.3, -0.25) is 4.90 Å². The zero-order valence-electron chi connectivity index (χ0n) is 11.8. The summed E-state index contributed by atoms with van der Waals surface area (Å²) >= 11 is 0. The maximum atomic E-state index is 2.65. The monoisotopic (exact) mass is 279 g/mol. The van der Waals surface area contributed by atoms with Crippen molar-refractivity contribution in [2.45, 2.75) is 51.5 Å². The third-order valence-corrected chi connectivity index (χ3v) is 5.08. The van der Waals surface area contributed by atoms with Crippen LogP contribution in [0, 0.1) is 5.41 Å². The van der Waals surface area contributed by atoms with Gasteiger partial charge in [-0.05, 0) is 49.8 Å². The summed E-state index contributed by atoms with van der Waals surface area (Å²) in [7, 11) is 0. The maximum Gasteiger partial charge on any atom is 0.0233 e. The fourth-order valence-electron chi connectivity index (χ4n) is 3.83. The highest BCUT2D eigenvalue weighted by Gasteiger charge is 2.35. The zero-order chi connectivity index (χ0) is 12.3. The molecular formula is C17H26ClN. The maximum absolute atomic E-state index is 2.65. The van der Waals surface area contributed by atoms with Gasteiger partial charge in [0.2, 0.25) is 0 Å². The molecule has 1 saturated heterocycles. The molecule has 0 radical (unpaired) electrons. The van der Waals surface area contributed by atoms with Crippen LogP contribution in [0.2, 0.25) is 0 Å². The summed E-state index contributed by atoms with van der Waals surface area (Å²) in [5.41, 5.74) is 2.21. The standard InChI is InChI=1S/C17H25N.ClH/c1-3-7-16(8-4-1)15-18-13-11-17(12-14-18)9-5-2-6-10-17;/h1,3-4,7-8H,2,5-6,9-15H2;1H. The SMILES string of the molecule is Cl.c1ccc(CN2CCC3(CCCCC3)CC2)cc1. The summed E-state index contributed by atoms with van der Waals surface area (Å²) in [4.78, 5) is 2.65. The first kappa shape index (κ1) is 14.9. The van der Waals surface area contributed by atoms with Gasteiger partial charge in [0.1, 0.15) is 0 Å². The van der Waals surface area contributed by atoms with E-state index < -0.39 is 0 Å². The molecule has 2 aliphatic rings.